The van der Waals surface area contributed by atoms with Crippen molar-refractivity contribution in [2.75, 3.05) is 0 Å². The molecule has 0 aromatic heterocycles. The van der Waals surface area contributed by atoms with Crippen molar-refractivity contribution in [3.8, 4) is 57.5 Å². The van der Waals surface area contributed by atoms with Gasteiger partial charge in [0.1, 0.15) is 46.4 Å². The predicted molar refractivity (Wildman–Crippen MR) is 141 cm³/mol. The minimum Gasteiger partial charge on any atom is -0.508 e. The van der Waals surface area contributed by atoms with Gasteiger partial charge in [0.25, 0.3) is 0 Å². The summed E-state index contributed by atoms with van der Waals surface area (Å²) in [5, 5.41) is 94.9. The summed E-state index contributed by atoms with van der Waals surface area (Å²) in [6.07, 6.45) is -4.20. The molecule has 42 heavy (non-hydrogen) atoms. The first-order chi connectivity index (χ1) is 20.0. The van der Waals surface area contributed by atoms with Crippen LogP contribution in [0.5, 0.6) is 57.5 Å². The van der Waals surface area contributed by atoms with Crippen LogP contribution in [0.1, 0.15) is 39.8 Å². The van der Waals surface area contributed by atoms with E-state index in [0.29, 0.717) is 0 Å². The number of benzene rings is 4. The Morgan fingerprint density at radius 2 is 1.31 bits per heavy atom. The SMILES string of the molecule is Oc1ccc([C@]23Oc4cc(O)cc(O)c4[C@H](c4c(cc(O)c5c4O[C@H](c4cc(O)c(O)c(O)c4)[C@@H](O)C5)O2)[C@H]3O)cc1. The molecule has 12 nitrogen and oxygen atoms in total. The maximum atomic E-state index is 11.9. The van der Waals surface area contributed by atoms with E-state index in [2.05, 4.69) is 0 Å². The highest BCUT2D eigenvalue weighted by Gasteiger charge is 2.60. The topological polar surface area (TPSA) is 210 Å². The standard InChI is InChI=1S/C30H24O12/c31-13-3-1-12(2-4-13)30-29(39)25(23-17(34)7-14(32)8-21(23)41-30)24-22(42-30)10-16(33)15-9-20(37)27(40-28(15)24)11-5-18(35)26(38)19(36)6-11/h1-8,10,20,25,27,29,31-39H,9H2/t20-,25+,27+,29+,30-/m0/s1. The summed E-state index contributed by atoms with van der Waals surface area (Å²) >= 11 is 0. The summed E-state index contributed by atoms with van der Waals surface area (Å²) in [5.74, 6) is -6.19. The van der Waals surface area contributed by atoms with Crippen LogP contribution < -0.4 is 14.2 Å². The lowest BCUT2D eigenvalue weighted by molar-refractivity contribution is -0.219. The average molecular weight is 577 g/mol. The summed E-state index contributed by atoms with van der Waals surface area (Å²) in [6.45, 7) is 0. The fourth-order valence-electron chi connectivity index (χ4n) is 6.12. The van der Waals surface area contributed by atoms with Crippen LogP contribution in [0.3, 0.4) is 0 Å². The molecule has 0 saturated heterocycles. The summed E-state index contributed by atoms with van der Waals surface area (Å²) in [5.41, 5.74) is 0.842. The molecule has 4 aromatic rings. The van der Waals surface area contributed by atoms with Crippen molar-refractivity contribution in [2.45, 2.75) is 36.4 Å². The maximum absolute atomic E-state index is 11.9. The number of rotatable bonds is 2. The molecule has 7 rings (SSSR count). The zero-order valence-corrected chi connectivity index (χ0v) is 21.5. The third-order valence-corrected chi connectivity index (χ3v) is 8.01. The Morgan fingerprint density at radius 1 is 0.667 bits per heavy atom. The van der Waals surface area contributed by atoms with E-state index >= 15 is 0 Å². The van der Waals surface area contributed by atoms with Gasteiger partial charge in [-0.15, -0.1) is 0 Å². The molecule has 4 aromatic carbocycles. The van der Waals surface area contributed by atoms with Crippen molar-refractivity contribution in [3.05, 3.63) is 82.4 Å². The van der Waals surface area contributed by atoms with Crippen molar-refractivity contribution in [1.82, 2.24) is 0 Å². The zero-order valence-electron chi connectivity index (χ0n) is 21.5. The van der Waals surface area contributed by atoms with Crippen LogP contribution in [0.2, 0.25) is 0 Å². The summed E-state index contributed by atoms with van der Waals surface area (Å²) in [7, 11) is 0. The molecule has 9 N–H and O–H groups in total. The van der Waals surface area contributed by atoms with Crippen molar-refractivity contribution in [3.63, 3.8) is 0 Å². The minimum atomic E-state index is -1.96. The molecule has 0 aliphatic carbocycles. The molecule has 0 saturated carbocycles. The molecule has 0 radical (unpaired) electrons. The number of hydrogen-bond donors (Lipinski definition) is 9. The van der Waals surface area contributed by atoms with Crippen LogP contribution >= 0.6 is 0 Å². The van der Waals surface area contributed by atoms with Crippen LogP contribution in [0, 0.1) is 0 Å². The largest absolute Gasteiger partial charge is 0.508 e. The van der Waals surface area contributed by atoms with Gasteiger partial charge in [-0.2, -0.15) is 0 Å². The van der Waals surface area contributed by atoms with Crippen molar-refractivity contribution in [1.29, 1.82) is 0 Å². The fourth-order valence-corrected chi connectivity index (χ4v) is 6.12. The van der Waals surface area contributed by atoms with E-state index in [1.54, 1.807) is 0 Å². The van der Waals surface area contributed by atoms with Gasteiger partial charge in [0, 0.05) is 52.4 Å². The van der Waals surface area contributed by atoms with Crippen LogP contribution in [-0.4, -0.2) is 58.2 Å². The van der Waals surface area contributed by atoms with E-state index in [1.807, 2.05) is 0 Å². The Bertz CT molecular complexity index is 1740. The number of hydrogen-bond acceptors (Lipinski definition) is 12. The van der Waals surface area contributed by atoms with E-state index < -0.39 is 53.0 Å². The van der Waals surface area contributed by atoms with Gasteiger partial charge < -0.3 is 60.2 Å². The quantitative estimate of drug-likeness (QED) is 0.158. The fraction of sp³-hybridized carbons (Fsp3) is 0.200. The van der Waals surface area contributed by atoms with Crippen molar-refractivity contribution in [2.24, 2.45) is 0 Å². The number of ether oxygens (including phenoxy) is 3. The summed E-state index contributed by atoms with van der Waals surface area (Å²) < 4.78 is 18.7. The third-order valence-electron chi connectivity index (χ3n) is 8.01. The van der Waals surface area contributed by atoms with E-state index in [1.165, 1.54) is 36.4 Å². The maximum Gasteiger partial charge on any atom is 0.305 e. The van der Waals surface area contributed by atoms with Gasteiger partial charge in [-0.05, 0) is 36.4 Å². The smallest absolute Gasteiger partial charge is 0.305 e. The molecular formula is C30H24O12. The van der Waals surface area contributed by atoms with Crippen LogP contribution in [0.25, 0.3) is 0 Å². The molecular weight excluding hydrogens is 552 g/mol. The zero-order chi connectivity index (χ0) is 29.7. The molecule has 216 valence electrons. The Labute approximate surface area is 236 Å². The number of aromatic hydroxyl groups is 7. The Hall–Kier alpha value is -5.20. The van der Waals surface area contributed by atoms with E-state index in [4.69, 9.17) is 14.2 Å². The highest BCUT2D eigenvalue weighted by molar-refractivity contribution is 5.68. The first-order valence-corrected chi connectivity index (χ1v) is 12.9. The highest BCUT2D eigenvalue weighted by atomic mass is 16.7. The van der Waals surface area contributed by atoms with Crippen LogP contribution in [0.4, 0.5) is 0 Å². The number of aliphatic hydroxyl groups is 2. The molecule has 0 fully saturated rings. The van der Waals surface area contributed by atoms with Gasteiger partial charge in [-0.3, -0.25) is 0 Å². The number of fused-ring (bicyclic) bond motifs is 8. The van der Waals surface area contributed by atoms with Crippen molar-refractivity contribution < 1.29 is 60.2 Å². The molecule has 0 spiro atoms. The van der Waals surface area contributed by atoms with Gasteiger partial charge in [0.05, 0.1) is 12.0 Å². The normalized spacial score (nSPS) is 25.2. The van der Waals surface area contributed by atoms with E-state index in [-0.39, 0.29) is 68.7 Å². The second-order valence-electron chi connectivity index (χ2n) is 10.6. The number of aliphatic hydroxyl groups excluding tert-OH is 2. The van der Waals surface area contributed by atoms with Gasteiger partial charge in [0.15, 0.2) is 23.4 Å². The molecule has 0 amide bonds. The van der Waals surface area contributed by atoms with Crippen LogP contribution in [-0.2, 0) is 12.2 Å². The first-order valence-electron chi connectivity index (χ1n) is 12.9. The molecule has 12 heteroatoms. The third kappa shape index (κ3) is 3.49. The number of phenols is 7. The molecule has 3 heterocycles. The van der Waals surface area contributed by atoms with E-state index in [0.717, 1.165) is 18.2 Å². The van der Waals surface area contributed by atoms with Crippen LogP contribution in [0.15, 0.2) is 54.6 Å². The Morgan fingerprint density at radius 3 is 1.98 bits per heavy atom. The molecule has 5 atom stereocenters. The lowest BCUT2D eigenvalue weighted by atomic mass is 9.74. The lowest BCUT2D eigenvalue weighted by Crippen LogP contribution is -2.57. The first kappa shape index (κ1) is 25.7. The number of phenolic OH excluding ortho intramolecular Hbond substituents is 7. The van der Waals surface area contributed by atoms with Gasteiger partial charge in [-0.1, -0.05) is 0 Å². The predicted octanol–water partition coefficient (Wildman–Crippen LogP) is 2.79. The molecule has 0 unspecified atom stereocenters. The van der Waals surface area contributed by atoms with Gasteiger partial charge in [0.2, 0.25) is 0 Å². The molecule has 3 aliphatic heterocycles. The van der Waals surface area contributed by atoms with Crippen molar-refractivity contribution >= 4 is 0 Å². The highest BCUT2D eigenvalue weighted by Crippen LogP contribution is 2.62. The Kier molecular flexibility index (Phi) is 5.30. The second-order valence-corrected chi connectivity index (χ2v) is 10.6. The lowest BCUT2D eigenvalue weighted by Gasteiger charge is -2.50. The average Bonchev–Trinajstić information content (AvgIpc) is 2.92. The summed E-state index contributed by atoms with van der Waals surface area (Å²) in [4.78, 5) is 0. The molecule has 3 aliphatic rings. The molecule has 2 bridgehead atoms. The minimum absolute atomic E-state index is 0.0101. The second kappa shape index (κ2) is 8.65. The monoisotopic (exact) mass is 576 g/mol. The van der Waals surface area contributed by atoms with E-state index in [9.17, 15) is 46.0 Å². The van der Waals surface area contributed by atoms with Gasteiger partial charge in [-0.25, -0.2) is 0 Å². The Balaban J connectivity index is 1.47. The summed E-state index contributed by atoms with van der Waals surface area (Å²) in [6, 6.07) is 11.5. The van der Waals surface area contributed by atoms with Gasteiger partial charge >= 0.3 is 5.79 Å².